The van der Waals surface area contributed by atoms with Crippen LogP contribution in [0.1, 0.15) is 16.7 Å². The van der Waals surface area contributed by atoms with Crippen LogP contribution >= 0.6 is 0 Å². The maximum Gasteiger partial charge on any atom is 0.166 e. The normalized spacial score (nSPS) is 11.2. The van der Waals surface area contributed by atoms with Gasteiger partial charge >= 0.3 is 0 Å². The van der Waals surface area contributed by atoms with Crippen molar-refractivity contribution in [1.29, 1.82) is 15.8 Å². The van der Waals surface area contributed by atoms with Crippen LogP contribution in [0.4, 0.5) is 0 Å². The Morgan fingerprint density at radius 1 is 0.204 bits per heavy atom. The van der Waals surface area contributed by atoms with Crippen LogP contribution in [0.2, 0.25) is 0 Å². The predicted molar refractivity (Wildman–Crippen MR) is 397 cm³/mol. The molecule has 98 heavy (non-hydrogen) atoms. The fourth-order valence-corrected chi connectivity index (χ4v) is 13.9. The maximum absolute atomic E-state index is 10.3. The highest BCUT2D eigenvalue weighted by Gasteiger charge is 2.26. The van der Waals surface area contributed by atoms with Crippen molar-refractivity contribution in [2.45, 2.75) is 0 Å². The van der Waals surface area contributed by atoms with Crippen LogP contribution < -0.4 is 0 Å². The molecule has 0 fully saturated rings. The highest BCUT2D eigenvalue weighted by atomic mass is 15.1. The summed E-state index contributed by atoms with van der Waals surface area (Å²) in [6.07, 6.45) is 0. The predicted octanol–water partition coefficient (Wildman–Crippen LogP) is 22.4. The number of hydrogen-bond donors (Lipinski definition) is 0. The summed E-state index contributed by atoms with van der Waals surface area (Å²) in [5.74, 6) is 1.28. The summed E-state index contributed by atoms with van der Waals surface area (Å²) >= 11 is 0. The first-order chi connectivity index (χ1) is 48.4. The van der Waals surface area contributed by atoms with E-state index in [1.165, 1.54) is 0 Å². The number of nitrogens with zero attached hydrogens (tertiary/aromatic N) is 8. The minimum atomic E-state index is 0.424. The second-order valence-electron chi connectivity index (χ2n) is 24.4. The molecule has 8 heteroatoms. The van der Waals surface area contributed by atoms with E-state index in [0.717, 1.165) is 150 Å². The van der Waals surface area contributed by atoms with E-state index in [1.807, 2.05) is 115 Å². The third kappa shape index (κ3) is 10.5. The third-order valence-corrected chi connectivity index (χ3v) is 18.7. The zero-order chi connectivity index (χ0) is 65.6. The first kappa shape index (κ1) is 58.0. The summed E-state index contributed by atoms with van der Waals surface area (Å²) < 4.78 is 4.70. The van der Waals surface area contributed by atoms with E-state index in [2.05, 4.69) is 240 Å². The van der Waals surface area contributed by atoms with Gasteiger partial charge in [0.1, 0.15) is 0 Å². The smallest absolute Gasteiger partial charge is 0.166 e. The van der Waals surface area contributed by atoms with Crippen molar-refractivity contribution in [3.05, 3.63) is 344 Å². The van der Waals surface area contributed by atoms with Crippen molar-refractivity contribution in [2.75, 3.05) is 0 Å². The zero-order valence-corrected chi connectivity index (χ0v) is 52.8. The molecule has 0 unspecified atom stereocenters. The molecule has 14 aromatic carbocycles. The van der Waals surface area contributed by atoms with E-state index in [9.17, 15) is 15.8 Å². The monoisotopic (exact) mass is 1250 g/mol. The Morgan fingerprint density at radius 3 is 0.847 bits per heavy atom. The number of fused-ring (bicyclic) bond motifs is 6. The SMILES string of the molecule is N#Cc1ccc(-c2ccc(-c3nc(-c4ccccc4-c4cccc(C#N)c4)nc(-c4ccc(-c5ccc(C#N)cc5)cc4-n4c5ccc(-c6ccccc6)cc5c5cc(-c6ccccc6)ccc54)n3)c(-n3c4ccc(-c5ccccc5)cc4c4cc(-c5ccccc5)ccc43)c2)cc1. The summed E-state index contributed by atoms with van der Waals surface area (Å²) in [4.78, 5) is 17.1. The van der Waals surface area contributed by atoms with Crippen LogP contribution in [0.5, 0.6) is 0 Å². The standard InChI is InChI=1S/C90H54N8/c91-55-58-28-32-65(33-29-58)71-36-42-76(86(53-71)97-82-44-38-67(61-17-5-1-6-18-61)49-78(82)79-50-68(39-45-83(79)97)62-19-7-2-8-20-62)89-94-88(75-27-14-13-26-74(75)73-25-15-16-60(48-73)57-93)95-90(96-89)77-43-37-72(66-34-30-59(56-92)31-35-66)54-87(77)98-84-46-40-69(63-21-9-3-10-22-63)51-80(84)81-52-70(41-47-85(81)98)64-23-11-4-12-24-64/h1-54H. The number of aromatic nitrogens is 5. The lowest BCUT2D eigenvalue weighted by Crippen LogP contribution is -2.06. The van der Waals surface area contributed by atoms with Crippen LogP contribution in [-0.4, -0.2) is 24.1 Å². The van der Waals surface area contributed by atoms with Gasteiger partial charge in [-0.2, -0.15) is 15.8 Å². The van der Waals surface area contributed by atoms with E-state index in [4.69, 9.17) is 15.0 Å². The molecule has 0 aliphatic heterocycles. The summed E-state index contributed by atoms with van der Waals surface area (Å²) in [5, 5.41) is 34.5. The number of rotatable bonds is 12. The number of hydrogen-bond acceptors (Lipinski definition) is 6. The summed E-state index contributed by atoms with van der Waals surface area (Å²) in [7, 11) is 0. The lowest BCUT2D eigenvalue weighted by molar-refractivity contribution is 1.06. The Bertz CT molecular complexity index is 5590. The lowest BCUT2D eigenvalue weighted by Gasteiger charge is -2.19. The van der Waals surface area contributed by atoms with Gasteiger partial charge in [0, 0.05) is 38.2 Å². The Balaban J connectivity index is 0.970. The van der Waals surface area contributed by atoms with E-state index in [0.29, 0.717) is 34.2 Å². The minimum Gasteiger partial charge on any atom is -0.308 e. The highest BCUT2D eigenvalue weighted by Crippen LogP contribution is 2.45. The Hall–Kier alpha value is -13.8. The molecule has 17 rings (SSSR count). The average molecular weight is 1250 g/mol. The van der Waals surface area contributed by atoms with Gasteiger partial charge in [-0.3, -0.25) is 0 Å². The Morgan fingerprint density at radius 2 is 0.490 bits per heavy atom. The topological polar surface area (TPSA) is 120 Å². The van der Waals surface area contributed by atoms with E-state index in [-0.39, 0.29) is 0 Å². The molecule has 8 nitrogen and oxygen atoms in total. The molecule has 17 aromatic rings. The van der Waals surface area contributed by atoms with E-state index < -0.39 is 0 Å². The van der Waals surface area contributed by atoms with E-state index >= 15 is 0 Å². The molecule has 0 spiro atoms. The van der Waals surface area contributed by atoms with Crippen molar-refractivity contribution in [2.24, 2.45) is 0 Å². The van der Waals surface area contributed by atoms with E-state index in [1.54, 1.807) is 0 Å². The second kappa shape index (κ2) is 24.6. The summed E-state index contributed by atoms with van der Waals surface area (Å²) in [6.45, 7) is 0. The molecule has 0 N–H and O–H groups in total. The van der Waals surface area contributed by atoms with Gasteiger partial charge in [0.05, 0.1) is 68.3 Å². The molecule has 0 saturated carbocycles. The molecule has 0 amide bonds. The molecule has 0 aliphatic rings. The molecule has 0 radical (unpaired) electrons. The molecule has 0 atom stereocenters. The minimum absolute atomic E-state index is 0.424. The molecular formula is C90H54N8. The van der Waals surface area contributed by atoms with Crippen LogP contribution in [0, 0.1) is 34.0 Å². The maximum atomic E-state index is 10.3. The largest absolute Gasteiger partial charge is 0.308 e. The summed E-state index contributed by atoms with van der Waals surface area (Å²) in [6, 6.07) is 120. The van der Waals surface area contributed by atoms with Crippen molar-refractivity contribution in [3.63, 3.8) is 0 Å². The quantitative estimate of drug-likeness (QED) is 0.120. The molecule has 0 saturated heterocycles. The zero-order valence-electron chi connectivity index (χ0n) is 52.8. The first-order valence-electron chi connectivity index (χ1n) is 32.5. The fraction of sp³-hybridized carbons (Fsp3) is 0. The van der Waals surface area contributed by atoms with Crippen molar-refractivity contribution >= 4 is 43.6 Å². The van der Waals surface area contributed by atoms with Gasteiger partial charge in [0.25, 0.3) is 0 Å². The van der Waals surface area contributed by atoms with Crippen molar-refractivity contribution in [1.82, 2.24) is 24.1 Å². The number of nitriles is 3. The third-order valence-electron chi connectivity index (χ3n) is 18.7. The molecular weight excluding hydrogens is 1190 g/mol. The van der Waals surface area contributed by atoms with Crippen LogP contribution in [-0.2, 0) is 0 Å². The van der Waals surface area contributed by atoms with Gasteiger partial charge in [-0.15, -0.1) is 0 Å². The molecule has 3 aromatic heterocycles. The van der Waals surface area contributed by atoms with Gasteiger partial charge in [-0.25, -0.2) is 15.0 Å². The van der Waals surface area contributed by atoms with Crippen LogP contribution in [0.15, 0.2) is 328 Å². The first-order valence-corrected chi connectivity index (χ1v) is 32.5. The van der Waals surface area contributed by atoms with Gasteiger partial charge in [0.15, 0.2) is 17.5 Å². The van der Waals surface area contributed by atoms with Crippen molar-refractivity contribution in [3.8, 4) is 142 Å². The molecule has 3 heterocycles. The molecule has 0 aliphatic carbocycles. The Labute approximate surface area is 566 Å². The van der Waals surface area contributed by atoms with Gasteiger partial charge in [-0.05, 0) is 187 Å². The lowest BCUT2D eigenvalue weighted by atomic mass is 9.97. The molecule has 454 valence electrons. The van der Waals surface area contributed by atoms with Crippen molar-refractivity contribution < 1.29 is 0 Å². The fourth-order valence-electron chi connectivity index (χ4n) is 13.9. The Kier molecular flexibility index (Phi) is 14.5. The number of benzene rings is 14. The average Bonchev–Trinajstić information content (AvgIpc) is 1.63. The van der Waals surface area contributed by atoms with Crippen LogP contribution in [0.25, 0.3) is 167 Å². The molecule has 0 bridgehead atoms. The van der Waals surface area contributed by atoms with Gasteiger partial charge in [0.2, 0.25) is 0 Å². The highest BCUT2D eigenvalue weighted by molar-refractivity contribution is 6.14. The summed E-state index contributed by atoms with van der Waals surface area (Å²) in [5.41, 5.74) is 23.7. The second-order valence-corrected chi connectivity index (χ2v) is 24.4. The van der Waals surface area contributed by atoms with Gasteiger partial charge in [-0.1, -0.05) is 218 Å². The van der Waals surface area contributed by atoms with Crippen LogP contribution in [0.3, 0.4) is 0 Å². The van der Waals surface area contributed by atoms with Gasteiger partial charge < -0.3 is 9.13 Å².